The Bertz CT molecular complexity index is 1240. The highest BCUT2D eigenvalue weighted by molar-refractivity contribution is 6.30. The van der Waals surface area contributed by atoms with Gasteiger partial charge in [-0.1, -0.05) is 11.6 Å². The number of aromatic nitrogens is 4. The third kappa shape index (κ3) is 4.74. The molecule has 2 aliphatic carbocycles. The molecular weight excluding hydrogens is 480 g/mol. The predicted octanol–water partition coefficient (Wildman–Crippen LogP) is 4.04. The number of fused-ring (bicyclic) bond motifs is 1. The van der Waals surface area contributed by atoms with Gasteiger partial charge in [0, 0.05) is 17.0 Å². The molecule has 1 unspecified atom stereocenters. The van der Waals surface area contributed by atoms with Crippen LogP contribution in [0.3, 0.4) is 0 Å². The molecule has 0 spiro atoms. The van der Waals surface area contributed by atoms with Crippen molar-refractivity contribution in [1.82, 2.24) is 19.5 Å². The summed E-state index contributed by atoms with van der Waals surface area (Å²) in [6.45, 7) is 0. The summed E-state index contributed by atoms with van der Waals surface area (Å²) in [4.78, 5) is 25.2. The summed E-state index contributed by atoms with van der Waals surface area (Å²) in [5, 5.41) is 16.1. The summed E-state index contributed by atoms with van der Waals surface area (Å²) < 4.78 is 30.9. The van der Waals surface area contributed by atoms with Crippen LogP contribution >= 0.6 is 11.6 Å². The number of hydrogen-bond donors (Lipinski definition) is 4. The van der Waals surface area contributed by atoms with Crippen LogP contribution in [0.15, 0.2) is 18.3 Å². The van der Waals surface area contributed by atoms with Gasteiger partial charge >= 0.3 is 0 Å². The molecule has 1 amide bonds. The zero-order chi connectivity index (χ0) is 24.7. The van der Waals surface area contributed by atoms with Crippen LogP contribution in [-0.2, 0) is 4.79 Å². The van der Waals surface area contributed by atoms with Crippen molar-refractivity contribution in [1.29, 1.82) is 0 Å². The molecule has 12 heteroatoms. The maximum Gasteiger partial charge on any atom is 0.225 e. The number of nitrogens with zero attached hydrogens (tertiary/aromatic N) is 4. The standard InChI is InChI=1S/C23H26ClF2N7O2/c24-12-8-14(25)19(15(26)9-12)31-23-30-17-10-28-22(29-16-2-1-3-18(16)34)32-21(17)33(23)13-6-4-11(5-7-13)20(27)35/h8-11,13,16,18,34H,1-7H2,(H2,27,35)(H,30,31)(H,28,29,32)/t11?,13?,16?,18-/m1/s1. The fourth-order valence-corrected chi connectivity index (χ4v) is 5.25. The van der Waals surface area contributed by atoms with Crippen molar-refractivity contribution in [3.63, 3.8) is 0 Å². The predicted molar refractivity (Wildman–Crippen MR) is 127 cm³/mol. The highest BCUT2D eigenvalue weighted by Gasteiger charge is 2.30. The van der Waals surface area contributed by atoms with Gasteiger partial charge in [0.1, 0.15) is 11.2 Å². The van der Waals surface area contributed by atoms with E-state index in [0.29, 0.717) is 49.2 Å². The number of aliphatic hydroxyl groups excluding tert-OH is 1. The Morgan fingerprint density at radius 2 is 1.83 bits per heavy atom. The molecule has 2 aliphatic rings. The lowest BCUT2D eigenvalue weighted by atomic mass is 9.85. The first-order valence-electron chi connectivity index (χ1n) is 11.7. The zero-order valence-electron chi connectivity index (χ0n) is 18.8. The fourth-order valence-electron chi connectivity index (χ4n) is 5.06. The molecule has 0 bridgehead atoms. The smallest absolute Gasteiger partial charge is 0.225 e. The monoisotopic (exact) mass is 505 g/mol. The lowest BCUT2D eigenvalue weighted by Crippen LogP contribution is -2.29. The number of hydrogen-bond acceptors (Lipinski definition) is 7. The second-order valence-corrected chi connectivity index (χ2v) is 9.67. The van der Waals surface area contributed by atoms with E-state index in [0.717, 1.165) is 25.0 Å². The van der Waals surface area contributed by atoms with Crippen molar-refractivity contribution in [2.24, 2.45) is 11.7 Å². The number of aliphatic hydroxyl groups is 1. The third-order valence-electron chi connectivity index (χ3n) is 6.93. The minimum Gasteiger partial charge on any atom is -0.391 e. The van der Waals surface area contributed by atoms with Crippen LogP contribution in [0.5, 0.6) is 0 Å². The van der Waals surface area contributed by atoms with E-state index in [2.05, 4.69) is 25.6 Å². The second-order valence-electron chi connectivity index (χ2n) is 9.23. The first-order chi connectivity index (χ1) is 16.8. The van der Waals surface area contributed by atoms with E-state index in [9.17, 15) is 18.7 Å². The number of nitrogens with one attached hydrogen (secondary N) is 2. The van der Waals surface area contributed by atoms with Gasteiger partial charge in [0.2, 0.25) is 17.8 Å². The highest BCUT2D eigenvalue weighted by atomic mass is 35.5. The van der Waals surface area contributed by atoms with Crippen molar-refractivity contribution in [3.05, 3.63) is 35.0 Å². The molecule has 0 aliphatic heterocycles. The van der Waals surface area contributed by atoms with Gasteiger partial charge in [-0.05, 0) is 57.1 Å². The van der Waals surface area contributed by atoms with Gasteiger partial charge in [0.05, 0.1) is 18.3 Å². The molecule has 2 fully saturated rings. The van der Waals surface area contributed by atoms with E-state index in [-0.39, 0.29) is 40.6 Å². The van der Waals surface area contributed by atoms with E-state index >= 15 is 0 Å². The van der Waals surface area contributed by atoms with Gasteiger partial charge in [-0.15, -0.1) is 0 Å². The Morgan fingerprint density at radius 3 is 2.46 bits per heavy atom. The summed E-state index contributed by atoms with van der Waals surface area (Å²) in [5.74, 6) is -1.70. The van der Waals surface area contributed by atoms with Crippen molar-refractivity contribution >= 4 is 46.3 Å². The van der Waals surface area contributed by atoms with Crippen molar-refractivity contribution in [3.8, 4) is 0 Å². The van der Waals surface area contributed by atoms with Crippen molar-refractivity contribution in [2.75, 3.05) is 10.6 Å². The van der Waals surface area contributed by atoms with E-state index in [1.807, 2.05) is 0 Å². The minimum absolute atomic E-state index is 0.0560. The van der Waals surface area contributed by atoms with Gasteiger partial charge in [-0.25, -0.2) is 18.7 Å². The number of imidazole rings is 1. The Kier molecular flexibility index (Phi) is 6.45. The largest absolute Gasteiger partial charge is 0.391 e. The molecule has 2 saturated carbocycles. The highest BCUT2D eigenvalue weighted by Crippen LogP contribution is 2.38. The lowest BCUT2D eigenvalue weighted by molar-refractivity contribution is -0.122. The summed E-state index contributed by atoms with van der Waals surface area (Å²) in [5.41, 5.74) is 6.04. The molecule has 2 atom stereocenters. The third-order valence-corrected chi connectivity index (χ3v) is 7.15. The summed E-state index contributed by atoms with van der Waals surface area (Å²) >= 11 is 5.77. The SMILES string of the molecule is NC(=O)C1CCC(n2c(Nc3c(F)cc(Cl)cc3F)nc3cnc(NC4CCC[C@H]4O)nc32)CC1. The molecule has 2 aromatic heterocycles. The number of benzene rings is 1. The maximum atomic E-state index is 14.6. The summed E-state index contributed by atoms with van der Waals surface area (Å²) in [6.07, 6.45) is 5.91. The Balaban J connectivity index is 1.54. The van der Waals surface area contributed by atoms with Gasteiger partial charge in [-0.3, -0.25) is 9.36 Å². The number of carbonyl (C=O) groups is 1. The van der Waals surface area contributed by atoms with Crippen LogP contribution in [0.25, 0.3) is 11.2 Å². The molecule has 0 radical (unpaired) electrons. The van der Waals surface area contributed by atoms with E-state index in [1.54, 1.807) is 4.57 Å². The molecule has 5 rings (SSSR count). The van der Waals surface area contributed by atoms with E-state index < -0.39 is 17.7 Å². The number of primary amides is 1. The molecule has 9 nitrogen and oxygen atoms in total. The molecule has 186 valence electrons. The van der Waals surface area contributed by atoms with Crippen LogP contribution in [0.1, 0.15) is 51.0 Å². The Labute approximate surface area is 205 Å². The van der Waals surface area contributed by atoms with Crippen molar-refractivity contribution < 1.29 is 18.7 Å². The van der Waals surface area contributed by atoms with Gasteiger partial charge in [0.15, 0.2) is 17.3 Å². The Morgan fingerprint density at radius 1 is 1.11 bits per heavy atom. The number of amides is 1. The quantitative estimate of drug-likeness (QED) is 0.397. The van der Waals surface area contributed by atoms with E-state index in [4.69, 9.17) is 17.3 Å². The molecule has 5 N–H and O–H groups in total. The van der Waals surface area contributed by atoms with Crippen molar-refractivity contribution in [2.45, 2.75) is 63.1 Å². The minimum atomic E-state index is -0.852. The number of halogens is 3. The number of carbonyl (C=O) groups excluding carboxylic acids is 1. The van der Waals surface area contributed by atoms with Gasteiger partial charge in [0.25, 0.3) is 0 Å². The average Bonchev–Trinajstić information content (AvgIpc) is 3.38. The average molecular weight is 506 g/mol. The molecular formula is C23H26ClF2N7O2. The number of rotatable bonds is 6. The molecule has 1 aromatic carbocycles. The first-order valence-corrected chi connectivity index (χ1v) is 12.1. The number of anilines is 3. The molecule has 2 heterocycles. The topological polar surface area (TPSA) is 131 Å². The molecule has 35 heavy (non-hydrogen) atoms. The van der Waals surface area contributed by atoms with E-state index in [1.165, 1.54) is 6.20 Å². The van der Waals surface area contributed by atoms with Crippen LogP contribution in [0, 0.1) is 17.6 Å². The normalized spacial score (nSPS) is 24.6. The zero-order valence-corrected chi connectivity index (χ0v) is 19.6. The number of nitrogens with two attached hydrogens (primary N) is 1. The van der Waals surface area contributed by atoms with Crippen LogP contribution in [0.4, 0.5) is 26.4 Å². The van der Waals surface area contributed by atoms with Gasteiger partial charge < -0.3 is 21.5 Å². The van der Waals surface area contributed by atoms with Crippen LogP contribution < -0.4 is 16.4 Å². The molecule has 3 aromatic rings. The van der Waals surface area contributed by atoms with Crippen LogP contribution in [-0.4, -0.2) is 42.7 Å². The lowest BCUT2D eigenvalue weighted by Gasteiger charge is -2.29. The fraction of sp³-hybridized carbons (Fsp3) is 0.478. The maximum absolute atomic E-state index is 14.6. The second kappa shape index (κ2) is 9.54. The Hall–Kier alpha value is -3.05. The molecule has 0 saturated heterocycles. The van der Waals surface area contributed by atoms with Gasteiger partial charge in [-0.2, -0.15) is 4.98 Å². The summed E-state index contributed by atoms with van der Waals surface area (Å²) in [7, 11) is 0. The van der Waals surface area contributed by atoms with Crippen LogP contribution in [0.2, 0.25) is 5.02 Å². The summed E-state index contributed by atoms with van der Waals surface area (Å²) in [6, 6.07) is 1.76. The first kappa shape index (κ1) is 23.7.